The van der Waals surface area contributed by atoms with Crippen LogP contribution in [0.3, 0.4) is 0 Å². The van der Waals surface area contributed by atoms with Crippen molar-refractivity contribution in [2.45, 2.75) is 71.1 Å². The van der Waals surface area contributed by atoms with Crippen LogP contribution in [-0.2, 0) is 13.0 Å². The van der Waals surface area contributed by atoms with Crippen molar-refractivity contribution < 1.29 is 0 Å². The van der Waals surface area contributed by atoms with Gasteiger partial charge in [-0.2, -0.15) is 0 Å². The average molecular weight is 490 g/mol. The van der Waals surface area contributed by atoms with Gasteiger partial charge in [0.2, 0.25) is 0 Å². The van der Waals surface area contributed by atoms with E-state index in [2.05, 4.69) is 73.3 Å². The summed E-state index contributed by atoms with van der Waals surface area (Å²) in [4.78, 5) is 23.8. The van der Waals surface area contributed by atoms with Crippen molar-refractivity contribution in [1.29, 1.82) is 0 Å². The number of aryl methyl sites for hydroxylation is 1. The number of hydrogen-bond acceptors (Lipinski definition) is 5. The Bertz CT molecular complexity index is 1150. The van der Waals surface area contributed by atoms with Gasteiger partial charge in [0.15, 0.2) is 0 Å². The van der Waals surface area contributed by atoms with Gasteiger partial charge in [-0.05, 0) is 64.4 Å². The van der Waals surface area contributed by atoms with Gasteiger partial charge in [-0.3, -0.25) is 14.3 Å². The predicted octanol–water partition coefficient (Wildman–Crippen LogP) is 4.48. The fourth-order valence-corrected chi connectivity index (χ4v) is 5.61. The van der Waals surface area contributed by atoms with E-state index in [-0.39, 0.29) is 11.6 Å². The van der Waals surface area contributed by atoms with Gasteiger partial charge in [0, 0.05) is 38.3 Å². The van der Waals surface area contributed by atoms with E-state index in [0.29, 0.717) is 24.0 Å². The van der Waals surface area contributed by atoms with Gasteiger partial charge in [0.05, 0.1) is 16.9 Å². The van der Waals surface area contributed by atoms with Crippen molar-refractivity contribution in [3.63, 3.8) is 0 Å². The number of benzene rings is 2. The van der Waals surface area contributed by atoms with E-state index < -0.39 is 0 Å². The highest BCUT2D eigenvalue weighted by Gasteiger charge is 2.30. The fraction of sp³-hybridized carbons (Fsp3) is 0.533. The number of para-hydroxylation sites is 1. The third-order valence-corrected chi connectivity index (χ3v) is 7.33. The Hall–Kier alpha value is -2.54. The number of nitrogens with one attached hydrogen (secondary N) is 1. The van der Waals surface area contributed by atoms with Crippen molar-refractivity contribution in [3.8, 4) is 0 Å². The Kier molecular flexibility index (Phi) is 9.30. The molecule has 4 rings (SSSR count). The molecule has 1 aliphatic heterocycles. The molecule has 1 fully saturated rings. The molecule has 36 heavy (non-hydrogen) atoms. The first-order valence-corrected chi connectivity index (χ1v) is 13.7. The molecule has 0 aliphatic carbocycles. The lowest BCUT2D eigenvalue weighted by Gasteiger charge is -2.41. The van der Waals surface area contributed by atoms with Crippen molar-refractivity contribution >= 4 is 10.9 Å². The number of nitrogens with zero attached hydrogens (tertiary/aromatic N) is 4. The molecule has 0 bridgehead atoms. The summed E-state index contributed by atoms with van der Waals surface area (Å²) in [7, 11) is 2.16. The van der Waals surface area contributed by atoms with Crippen LogP contribution in [0, 0.1) is 0 Å². The van der Waals surface area contributed by atoms with Crippen LogP contribution < -0.4 is 10.9 Å². The van der Waals surface area contributed by atoms with E-state index in [0.717, 1.165) is 63.2 Å². The Morgan fingerprint density at radius 1 is 1.03 bits per heavy atom. The van der Waals surface area contributed by atoms with Crippen molar-refractivity contribution in [1.82, 2.24) is 24.7 Å². The van der Waals surface area contributed by atoms with Gasteiger partial charge >= 0.3 is 0 Å². The first-order valence-electron chi connectivity index (χ1n) is 13.7. The summed E-state index contributed by atoms with van der Waals surface area (Å²) < 4.78 is 1.98. The SMILES string of the molecule is CCCC(c1nc2ccccc2c(=O)n1CCN(C)CCCc1ccccc1)N1C[C@@H](C)N[C@@H](C)C1. The van der Waals surface area contributed by atoms with E-state index in [4.69, 9.17) is 4.98 Å². The van der Waals surface area contributed by atoms with Crippen molar-refractivity contribution in [2.24, 2.45) is 0 Å². The Morgan fingerprint density at radius 3 is 2.44 bits per heavy atom. The smallest absolute Gasteiger partial charge is 0.261 e. The molecule has 1 unspecified atom stereocenters. The molecule has 1 saturated heterocycles. The molecule has 0 spiro atoms. The molecule has 0 amide bonds. The van der Waals surface area contributed by atoms with E-state index >= 15 is 0 Å². The zero-order valence-corrected chi connectivity index (χ0v) is 22.5. The van der Waals surface area contributed by atoms with Crippen LogP contribution in [0.15, 0.2) is 59.4 Å². The highest BCUT2D eigenvalue weighted by molar-refractivity contribution is 5.77. The maximum Gasteiger partial charge on any atom is 0.261 e. The second-order valence-corrected chi connectivity index (χ2v) is 10.6. The maximum atomic E-state index is 13.8. The van der Waals surface area contributed by atoms with Gasteiger partial charge in [-0.25, -0.2) is 4.98 Å². The van der Waals surface area contributed by atoms with Crippen LogP contribution in [0.4, 0.5) is 0 Å². The number of fused-ring (bicyclic) bond motifs is 1. The second-order valence-electron chi connectivity index (χ2n) is 10.6. The fourth-order valence-electron chi connectivity index (χ4n) is 5.61. The molecule has 6 heteroatoms. The molecule has 1 aliphatic rings. The second kappa shape index (κ2) is 12.6. The van der Waals surface area contributed by atoms with Gasteiger partial charge < -0.3 is 10.2 Å². The van der Waals surface area contributed by atoms with E-state index in [1.54, 1.807) is 0 Å². The van der Waals surface area contributed by atoms with Crippen molar-refractivity contribution in [3.05, 3.63) is 76.3 Å². The zero-order valence-electron chi connectivity index (χ0n) is 22.5. The molecule has 1 N–H and O–H groups in total. The number of piperazine rings is 1. The minimum absolute atomic E-state index is 0.0885. The van der Waals surface area contributed by atoms with Crippen LogP contribution in [0.25, 0.3) is 10.9 Å². The van der Waals surface area contributed by atoms with Crippen LogP contribution >= 0.6 is 0 Å². The molecule has 3 atom stereocenters. The Balaban J connectivity index is 1.56. The topological polar surface area (TPSA) is 53.4 Å². The molecule has 0 radical (unpaired) electrons. The molecule has 2 heterocycles. The number of aromatic nitrogens is 2. The van der Waals surface area contributed by atoms with Crippen LogP contribution in [0.1, 0.15) is 57.5 Å². The summed E-state index contributed by atoms with van der Waals surface area (Å²) in [5.74, 6) is 0.930. The molecule has 3 aromatic rings. The van der Waals surface area contributed by atoms with Crippen LogP contribution in [0.5, 0.6) is 0 Å². The van der Waals surface area contributed by atoms with E-state index in [1.807, 2.05) is 28.8 Å². The van der Waals surface area contributed by atoms with Crippen LogP contribution in [0.2, 0.25) is 0 Å². The highest BCUT2D eigenvalue weighted by atomic mass is 16.1. The van der Waals surface area contributed by atoms with Gasteiger partial charge in [0.1, 0.15) is 5.82 Å². The first kappa shape index (κ1) is 26.5. The number of likely N-dealkylation sites (N-methyl/N-ethyl adjacent to an activating group) is 1. The Morgan fingerprint density at radius 2 is 1.72 bits per heavy atom. The van der Waals surface area contributed by atoms with E-state index in [1.165, 1.54) is 5.56 Å². The third kappa shape index (κ3) is 6.61. The molecule has 0 saturated carbocycles. The molecule has 2 aromatic carbocycles. The van der Waals surface area contributed by atoms with Gasteiger partial charge in [0.25, 0.3) is 5.56 Å². The monoisotopic (exact) mass is 489 g/mol. The summed E-state index contributed by atoms with van der Waals surface area (Å²) in [5.41, 5.74) is 2.28. The van der Waals surface area contributed by atoms with Gasteiger partial charge in [-0.1, -0.05) is 55.8 Å². The summed E-state index contributed by atoms with van der Waals surface area (Å²) in [6.07, 6.45) is 4.23. The number of rotatable bonds is 11. The lowest BCUT2D eigenvalue weighted by molar-refractivity contribution is 0.108. The standard InChI is InChI=1S/C30H43N5O/c1-5-12-28(34-21-23(2)31-24(3)22-34)29-32-27-17-10-9-16-26(27)30(36)35(29)20-19-33(4)18-11-15-25-13-7-6-8-14-25/h6-10,13-14,16-17,23-24,28,31H,5,11-12,15,18-22H2,1-4H3/t23-,24+,28?. The maximum absolute atomic E-state index is 13.8. The number of hydrogen-bond donors (Lipinski definition) is 1. The largest absolute Gasteiger partial charge is 0.309 e. The third-order valence-electron chi connectivity index (χ3n) is 7.33. The summed E-state index contributed by atoms with van der Waals surface area (Å²) in [5, 5.41) is 4.36. The molecule has 1 aromatic heterocycles. The molecule has 6 nitrogen and oxygen atoms in total. The zero-order chi connectivity index (χ0) is 25.5. The van der Waals surface area contributed by atoms with Crippen molar-refractivity contribution in [2.75, 3.05) is 33.2 Å². The normalized spacial score (nSPS) is 19.7. The minimum atomic E-state index is 0.0885. The quantitative estimate of drug-likeness (QED) is 0.430. The molecular weight excluding hydrogens is 446 g/mol. The van der Waals surface area contributed by atoms with Crippen LogP contribution in [-0.4, -0.2) is 64.7 Å². The Labute approximate surface area is 216 Å². The predicted molar refractivity (Wildman–Crippen MR) is 150 cm³/mol. The molecule has 194 valence electrons. The minimum Gasteiger partial charge on any atom is -0.309 e. The summed E-state index contributed by atoms with van der Waals surface area (Å²) in [6.45, 7) is 11.2. The first-order chi connectivity index (χ1) is 17.5. The summed E-state index contributed by atoms with van der Waals surface area (Å²) in [6, 6.07) is 19.5. The molecular formula is C30H43N5O. The van der Waals surface area contributed by atoms with Gasteiger partial charge in [-0.15, -0.1) is 0 Å². The average Bonchev–Trinajstić information content (AvgIpc) is 2.87. The lowest BCUT2D eigenvalue weighted by Crippen LogP contribution is -2.55. The highest BCUT2D eigenvalue weighted by Crippen LogP contribution is 2.27. The lowest BCUT2D eigenvalue weighted by atomic mass is 10.0. The summed E-state index contributed by atoms with van der Waals surface area (Å²) >= 11 is 0. The van der Waals surface area contributed by atoms with E-state index in [9.17, 15) is 4.79 Å².